The third kappa shape index (κ3) is 9.52. The van der Waals surface area contributed by atoms with Crippen molar-refractivity contribution in [3.8, 4) is 0 Å². The number of fused-ring (bicyclic) bond motifs is 2. The number of carbonyl (C=O) groups excluding carboxylic acids is 4. The molecule has 0 N–H and O–H groups in total. The Morgan fingerprint density at radius 3 is 1.86 bits per heavy atom. The third-order valence-electron chi connectivity index (χ3n) is 5.56. The Balaban J connectivity index is 0.000000544. The molecule has 0 amide bonds. The summed E-state index contributed by atoms with van der Waals surface area (Å²) in [4.78, 5) is 45.1. The van der Waals surface area contributed by atoms with E-state index in [1.54, 1.807) is 26.8 Å². The van der Waals surface area contributed by atoms with Crippen LogP contribution < -0.4 is 29.6 Å². The molecule has 2 aromatic carbocycles. The van der Waals surface area contributed by atoms with Gasteiger partial charge >= 0.3 is 41.7 Å². The summed E-state index contributed by atoms with van der Waals surface area (Å²) >= 11 is 0. The average Bonchev–Trinajstić information content (AvgIpc) is 2.86. The van der Waals surface area contributed by atoms with Crippen molar-refractivity contribution in [3.63, 3.8) is 0 Å². The van der Waals surface area contributed by atoms with Crippen molar-refractivity contribution in [2.24, 2.45) is 5.92 Å². The van der Waals surface area contributed by atoms with E-state index in [4.69, 9.17) is 4.74 Å². The summed E-state index contributed by atoms with van der Waals surface area (Å²) in [7, 11) is 0. The number of esters is 1. The maximum absolute atomic E-state index is 12.0. The van der Waals surface area contributed by atoms with E-state index in [0.717, 1.165) is 36.8 Å². The fraction of sp³-hybridized carbons (Fsp3) is 0.429. The number of aryl methyl sites for hydroxylation is 2. The predicted octanol–water partition coefficient (Wildman–Crippen LogP) is 2.50. The first kappa shape index (κ1) is 31.5. The van der Waals surface area contributed by atoms with Gasteiger partial charge < -0.3 is 15.6 Å². The number of ether oxygens (including phenoxy) is 3. The number of Topliss-reactive ketones (excluding diaryl/α,β-unsaturated/α-hetero) is 2. The second-order valence-corrected chi connectivity index (χ2v) is 7.91. The molecule has 0 bridgehead atoms. The first-order valence-electron chi connectivity index (χ1n) is 12.1. The maximum atomic E-state index is 12.0. The molecule has 0 fully saturated rings. The summed E-state index contributed by atoms with van der Waals surface area (Å²) in [6.07, 6.45) is 3.57. The Labute approximate surface area is 236 Å². The molecule has 36 heavy (non-hydrogen) atoms. The van der Waals surface area contributed by atoms with Gasteiger partial charge in [-0.25, -0.2) is 4.79 Å². The molecule has 8 heteroatoms. The first-order chi connectivity index (χ1) is 16.9. The normalized spacial score (nSPS) is 15.2. The van der Waals surface area contributed by atoms with Crippen molar-refractivity contribution in [2.45, 2.75) is 52.9 Å². The van der Waals surface area contributed by atoms with Crippen molar-refractivity contribution in [1.82, 2.24) is 0 Å². The van der Waals surface area contributed by atoms with Crippen molar-refractivity contribution in [1.29, 1.82) is 0 Å². The molecule has 0 saturated heterocycles. The summed E-state index contributed by atoms with van der Waals surface area (Å²) in [6.45, 7) is 6.29. The maximum Gasteiger partial charge on any atom is 1.00 e. The molecule has 0 aliphatic heterocycles. The van der Waals surface area contributed by atoms with Gasteiger partial charge in [0.2, 0.25) is 0 Å². The van der Waals surface area contributed by atoms with Crippen molar-refractivity contribution < 1.29 is 64.4 Å². The molecule has 0 heterocycles. The van der Waals surface area contributed by atoms with Crippen LogP contribution in [0.1, 0.15) is 73.3 Å². The van der Waals surface area contributed by atoms with Gasteiger partial charge in [-0.15, -0.1) is 0 Å². The molecule has 1 atom stereocenters. The molecule has 0 radical (unpaired) electrons. The molecular formula is C28H35NaO7. The van der Waals surface area contributed by atoms with E-state index in [-0.39, 0.29) is 42.7 Å². The smallest absolute Gasteiger partial charge is 1.00 e. The molecule has 0 aromatic heterocycles. The minimum Gasteiger partial charge on any atom is -1.00 e. The number of hydrogen-bond acceptors (Lipinski definition) is 7. The Kier molecular flexibility index (Phi) is 14.9. The zero-order valence-electron chi connectivity index (χ0n) is 22.7. The van der Waals surface area contributed by atoms with Gasteiger partial charge in [0.25, 0.3) is 0 Å². The standard InChI is InChI=1S/C13H14O3.C10H10O.C5H10O3.Na.H/c1-2-16-13(15)11-8-7-9-5-3-4-6-10(9)12(11)14;11-10-7-3-5-8-4-1-2-6-9(8)10;1-3-7-5(6)8-4-2;;/h3-6,11H,2,7-8H2,1H3;1-2,4,6H,3,5,7H2;3-4H2,1-2H3;;/q;;;+1;-1/t11-;;;;/m0..../s1. The molecule has 0 spiro atoms. The Hall–Kier alpha value is -2.48. The zero-order valence-corrected chi connectivity index (χ0v) is 23.7. The van der Waals surface area contributed by atoms with Crippen LogP contribution in [-0.4, -0.2) is 43.5 Å². The van der Waals surface area contributed by atoms with E-state index in [1.807, 2.05) is 42.5 Å². The number of hydrogen-bond donors (Lipinski definition) is 0. The number of carbonyl (C=O) groups is 4. The summed E-state index contributed by atoms with van der Waals surface area (Å²) in [5, 5.41) is 0. The second kappa shape index (κ2) is 17.1. The fourth-order valence-corrected chi connectivity index (χ4v) is 3.93. The largest absolute Gasteiger partial charge is 1.00 e. The van der Waals surface area contributed by atoms with Crippen LogP contribution >= 0.6 is 0 Å². The third-order valence-corrected chi connectivity index (χ3v) is 5.56. The summed E-state index contributed by atoms with van der Waals surface area (Å²) < 4.78 is 13.7. The van der Waals surface area contributed by atoms with Crippen LogP contribution in [0.3, 0.4) is 0 Å². The molecule has 0 saturated carbocycles. The van der Waals surface area contributed by atoms with Crippen LogP contribution in [0.15, 0.2) is 48.5 Å². The quantitative estimate of drug-likeness (QED) is 0.357. The number of ketones is 2. The van der Waals surface area contributed by atoms with E-state index in [9.17, 15) is 19.2 Å². The van der Waals surface area contributed by atoms with Crippen LogP contribution in [0, 0.1) is 5.92 Å². The zero-order chi connectivity index (χ0) is 25.6. The van der Waals surface area contributed by atoms with Gasteiger partial charge in [0.1, 0.15) is 5.92 Å². The predicted molar refractivity (Wildman–Crippen MR) is 133 cm³/mol. The van der Waals surface area contributed by atoms with Crippen molar-refractivity contribution >= 4 is 23.7 Å². The molecule has 7 nitrogen and oxygen atoms in total. The fourth-order valence-electron chi connectivity index (χ4n) is 3.93. The van der Waals surface area contributed by atoms with Crippen LogP contribution in [0.2, 0.25) is 0 Å². The van der Waals surface area contributed by atoms with E-state index >= 15 is 0 Å². The number of benzene rings is 2. The molecule has 4 rings (SSSR count). The summed E-state index contributed by atoms with van der Waals surface area (Å²) in [5.74, 6) is -0.774. The molecule has 190 valence electrons. The van der Waals surface area contributed by atoms with Crippen LogP contribution in [0.5, 0.6) is 0 Å². The van der Waals surface area contributed by atoms with Crippen molar-refractivity contribution in [2.75, 3.05) is 19.8 Å². The Morgan fingerprint density at radius 1 is 0.778 bits per heavy atom. The van der Waals surface area contributed by atoms with Gasteiger partial charge in [-0.2, -0.15) is 0 Å². The minimum absolute atomic E-state index is 0. The molecule has 2 aromatic rings. The Morgan fingerprint density at radius 2 is 1.31 bits per heavy atom. The summed E-state index contributed by atoms with van der Waals surface area (Å²) in [6, 6.07) is 15.4. The molecule has 0 unspecified atom stereocenters. The first-order valence-corrected chi connectivity index (χ1v) is 12.1. The van der Waals surface area contributed by atoms with E-state index in [1.165, 1.54) is 5.56 Å². The van der Waals surface area contributed by atoms with E-state index < -0.39 is 12.1 Å². The molecule has 2 aliphatic carbocycles. The topological polar surface area (TPSA) is 96.0 Å². The van der Waals surface area contributed by atoms with Crippen LogP contribution in [-0.2, 0) is 31.8 Å². The van der Waals surface area contributed by atoms with Gasteiger partial charge in [-0.3, -0.25) is 14.4 Å². The second-order valence-electron chi connectivity index (χ2n) is 7.91. The van der Waals surface area contributed by atoms with Gasteiger partial charge in [-0.1, -0.05) is 48.5 Å². The van der Waals surface area contributed by atoms with Gasteiger partial charge in [-0.05, 0) is 57.6 Å². The van der Waals surface area contributed by atoms with Crippen LogP contribution in [0.25, 0.3) is 0 Å². The number of rotatable bonds is 4. The van der Waals surface area contributed by atoms with E-state index in [2.05, 4.69) is 9.47 Å². The monoisotopic (exact) mass is 506 g/mol. The summed E-state index contributed by atoms with van der Waals surface area (Å²) in [5.41, 5.74) is 3.88. The molecule has 2 aliphatic rings. The van der Waals surface area contributed by atoms with E-state index in [0.29, 0.717) is 37.6 Å². The van der Waals surface area contributed by atoms with Gasteiger partial charge in [0.05, 0.1) is 19.8 Å². The SMILES string of the molecule is CCOC(=O)OCC.CCOC(=O)[C@H]1CCc2ccccc2C1=O.O=C1CCCc2ccccc21.[H-].[Na+]. The van der Waals surface area contributed by atoms with Crippen molar-refractivity contribution in [3.05, 3.63) is 70.8 Å². The average molecular weight is 507 g/mol. The minimum atomic E-state index is -0.602. The Bertz CT molecular complexity index is 1020. The van der Waals surface area contributed by atoms with Gasteiger partial charge in [0, 0.05) is 17.5 Å². The van der Waals surface area contributed by atoms with Crippen LogP contribution in [0.4, 0.5) is 4.79 Å². The molecular weight excluding hydrogens is 471 g/mol. The van der Waals surface area contributed by atoms with Gasteiger partial charge in [0.15, 0.2) is 11.6 Å².